The molecule has 3 N–H and O–H groups in total. The van der Waals surface area contributed by atoms with Crippen LogP contribution in [-0.4, -0.2) is 49.7 Å². The van der Waals surface area contributed by atoms with Gasteiger partial charge in [0.15, 0.2) is 0 Å². The van der Waals surface area contributed by atoms with Crippen LogP contribution >= 0.6 is 23.2 Å². The van der Waals surface area contributed by atoms with E-state index in [0.29, 0.717) is 27.1 Å². The summed E-state index contributed by atoms with van der Waals surface area (Å²) in [7, 11) is 0. The van der Waals surface area contributed by atoms with Gasteiger partial charge in [0.25, 0.3) is 5.56 Å². The van der Waals surface area contributed by atoms with Gasteiger partial charge in [-0.05, 0) is 44.9 Å². The van der Waals surface area contributed by atoms with E-state index in [9.17, 15) is 18.0 Å². The lowest BCUT2D eigenvalue weighted by molar-refractivity contribution is -0.192. The van der Waals surface area contributed by atoms with Crippen molar-refractivity contribution >= 4 is 35.0 Å². The highest BCUT2D eigenvalue weighted by Crippen LogP contribution is 2.48. The molecule has 2 aromatic heterocycles. The average molecular weight is 573 g/mol. The van der Waals surface area contributed by atoms with E-state index in [4.69, 9.17) is 43.8 Å². The number of rotatable bonds is 2. The molecular formula is C24H25Cl2F3N6O3. The third-order valence-corrected chi connectivity index (χ3v) is 7.93. The molecule has 5 rings (SSSR count). The number of carbonyl (C=O) groups is 1. The smallest absolute Gasteiger partial charge is 0.475 e. The van der Waals surface area contributed by atoms with Crippen molar-refractivity contribution in [3.8, 4) is 5.69 Å². The fourth-order valence-electron chi connectivity index (χ4n) is 5.04. The zero-order chi connectivity index (χ0) is 28.0. The Bertz CT molecular complexity index is 1430. The molecule has 3 aromatic rings. The van der Waals surface area contributed by atoms with Gasteiger partial charge in [0.1, 0.15) is 11.6 Å². The van der Waals surface area contributed by atoms with E-state index in [-0.39, 0.29) is 17.0 Å². The Kier molecular flexibility index (Phi) is 7.52. The maximum absolute atomic E-state index is 13.3. The van der Waals surface area contributed by atoms with Crippen LogP contribution in [0.25, 0.3) is 5.69 Å². The van der Waals surface area contributed by atoms with Crippen LogP contribution in [0.1, 0.15) is 36.0 Å². The molecule has 2 aliphatic heterocycles. The molecule has 1 aromatic carbocycles. The number of nitrogens with two attached hydrogens (primary N) is 1. The number of aromatic nitrogens is 4. The topological polar surface area (TPSA) is 119 Å². The Labute approximate surface area is 225 Å². The zero-order valence-electron chi connectivity index (χ0n) is 20.5. The quantitative estimate of drug-likeness (QED) is 0.470. The summed E-state index contributed by atoms with van der Waals surface area (Å²) in [5.41, 5.74) is 8.74. The lowest BCUT2D eigenvalue weighted by Crippen LogP contribution is -2.45. The number of hydrogen-bond acceptors (Lipinski definition) is 6. The molecule has 0 bridgehead atoms. The maximum Gasteiger partial charge on any atom is 0.490 e. The van der Waals surface area contributed by atoms with Crippen LogP contribution < -0.4 is 16.2 Å². The Morgan fingerprint density at radius 1 is 1.18 bits per heavy atom. The van der Waals surface area contributed by atoms with Gasteiger partial charge in [0, 0.05) is 31.2 Å². The number of anilines is 1. The number of halogens is 5. The standard InChI is InChI=1S/C22H24Cl2N6O.C2HF3O2/c1-13-20(27-14(2)30(21(13)31)16-5-3-4-15(23)18(16)24)28-10-7-22(8-11-28)12-29-17(19(22)25)6-9-26-29;3-2(4,5)1(6)7/h3-6,9,19H,7-8,10-12,25H2,1-2H3;(H,6,7)/t19-;/m1./s1. The zero-order valence-corrected chi connectivity index (χ0v) is 22.0. The molecule has 0 amide bonds. The first-order chi connectivity index (χ1) is 17.8. The highest BCUT2D eigenvalue weighted by atomic mass is 35.5. The van der Waals surface area contributed by atoms with E-state index in [0.717, 1.165) is 44.0 Å². The van der Waals surface area contributed by atoms with Crippen molar-refractivity contribution in [2.24, 2.45) is 11.1 Å². The lowest BCUT2D eigenvalue weighted by Gasteiger charge is -2.42. The molecule has 1 saturated heterocycles. The Morgan fingerprint density at radius 3 is 2.39 bits per heavy atom. The van der Waals surface area contributed by atoms with Gasteiger partial charge in [0.05, 0.1) is 33.0 Å². The number of benzene rings is 1. The van der Waals surface area contributed by atoms with Gasteiger partial charge in [-0.15, -0.1) is 0 Å². The Morgan fingerprint density at radius 2 is 1.82 bits per heavy atom. The molecule has 1 spiro atoms. The molecule has 0 radical (unpaired) electrons. The van der Waals surface area contributed by atoms with Crippen molar-refractivity contribution in [2.75, 3.05) is 18.0 Å². The summed E-state index contributed by atoms with van der Waals surface area (Å²) in [5, 5.41) is 12.3. The summed E-state index contributed by atoms with van der Waals surface area (Å²) in [4.78, 5) is 29.2. The predicted octanol–water partition coefficient (Wildman–Crippen LogP) is 4.29. The minimum Gasteiger partial charge on any atom is -0.475 e. The highest BCUT2D eigenvalue weighted by molar-refractivity contribution is 6.43. The largest absolute Gasteiger partial charge is 0.490 e. The summed E-state index contributed by atoms with van der Waals surface area (Å²) in [6, 6.07) is 7.26. The molecule has 0 unspecified atom stereocenters. The Balaban J connectivity index is 0.000000426. The van der Waals surface area contributed by atoms with Crippen LogP contribution in [0.5, 0.6) is 0 Å². The molecule has 1 fully saturated rings. The van der Waals surface area contributed by atoms with E-state index in [1.54, 1.807) is 18.2 Å². The third kappa shape index (κ3) is 4.99. The first-order valence-electron chi connectivity index (χ1n) is 11.6. The second-order valence-electron chi connectivity index (χ2n) is 9.36. The molecular weight excluding hydrogens is 548 g/mol. The fourth-order valence-corrected chi connectivity index (χ4v) is 5.42. The van der Waals surface area contributed by atoms with E-state index in [1.165, 1.54) is 4.57 Å². The van der Waals surface area contributed by atoms with Crippen LogP contribution in [-0.2, 0) is 11.3 Å². The van der Waals surface area contributed by atoms with Crippen molar-refractivity contribution in [3.63, 3.8) is 0 Å². The summed E-state index contributed by atoms with van der Waals surface area (Å²) in [6.07, 6.45) is -1.41. The molecule has 2 aliphatic rings. The normalized spacial score (nSPS) is 18.2. The SMILES string of the molecule is Cc1c(N2CCC3(CC2)Cn2nccc2[C@H]3N)nc(C)n(-c2cccc(Cl)c2Cl)c1=O.O=C(O)C(F)(F)F. The highest BCUT2D eigenvalue weighted by Gasteiger charge is 2.47. The van der Waals surface area contributed by atoms with E-state index >= 15 is 0 Å². The van der Waals surface area contributed by atoms with Gasteiger partial charge in [-0.1, -0.05) is 29.3 Å². The molecule has 1 atom stereocenters. The molecule has 38 heavy (non-hydrogen) atoms. The van der Waals surface area contributed by atoms with Crippen LogP contribution in [0.2, 0.25) is 10.0 Å². The van der Waals surface area contributed by atoms with Crippen molar-refractivity contribution < 1.29 is 23.1 Å². The van der Waals surface area contributed by atoms with Crippen molar-refractivity contribution in [3.05, 3.63) is 67.9 Å². The summed E-state index contributed by atoms with van der Waals surface area (Å²) in [5.74, 6) is -1.45. The molecule has 14 heteroatoms. The number of aryl methyl sites for hydroxylation is 1. The number of nitrogens with zero attached hydrogens (tertiary/aromatic N) is 5. The van der Waals surface area contributed by atoms with Crippen molar-refractivity contribution in [1.29, 1.82) is 0 Å². The lowest BCUT2D eigenvalue weighted by atomic mass is 9.73. The number of alkyl halides is 3. The second-order valence-corrected chi connectivity index (χ2v) is 10.2. The van der Waals surface area contributed by atoms with E-state index in [1.807, 2.05) is 30.8 Å². The van der Waals surface area contributed by atoms with Crippen LogP contribution in [0.15, 0.2) is 35.3 Å². The van der Waals surface area contributed by atoms with Crippen LogP contribution in [0, 0.1) is 19.3 Å². The number of carboxylic acids is 1. The van der Waals surface area contributed by atoms with Crippen LogP contribution in [0.4, 0.5) is 19.0 Å². The third-order valence-electron chi connectivity index (χ3n) is 7.12. The summed E-state index contributed by atoms with van der Waals surface area (Å²) in [6.45, 7) is 6.09. The minimum atomic E-state index is -5.08. The summed E-state index contributed by atoms with van der Waals surface area (Å²) < 4.78 is 35.3. The van der Waals surface area contributed by atoms with Gasteiger partial charge in [-0.3, -0.25) is 14.0 Å². The van der Waals surface area contributed by atoms with Gasteiger partial charge < -0.3 is 15.7 Å². The van der Waals surface area contributed by atoms with Gasteiger partial charge in [-0.2, -0.15) is 18.3 Å². The van der Waals surface area contributed by atoms with E-state index in [2.05, 4.69) is 10.00 Å². The first-order valence-corrected chi connectivity index (χ1v) is 12.4. The minimum absolute atomic E-state index is 0.00841. The number of piperidine rings is 1. The summed E-state index contributed by atoms with van der Waals surface area (Å²) >= 11 is 12.5. The fraction of sp³-hybridized carbons (Fsp3) is 0.417. The van der Waals surface area contributed by atoms with Gasteiger partial charge in [0.2, 0.25) is 0 Å². The predicted molar refractivity (Wildman–Crippen MR) is 136 cm³/mol. The van der Waals surface area contributed by atoms with E-state index < -0.39 is 12.1 Å². The van der Waals surface area contributed by atoms with Gasteiger partial charge in [-0.25, -0.2) is 9.78 Å². The van der Waals surface area contributed by atoms with Crippen LogP contribution in [0.3, 0.4) is 0 Å². The molecule has 0 aliphatic carbocycles. The first kappa shape index (κ1) is 27.9. The molecule has 4 heterocycles. The number of hydrogen-bond donors (Lipinski definition) is 2. The Hall–Kier alpha value is -3.09. The molecule has 9 nitrogen and oxygen atoms in total. The van der Waals surface area contributed by atoms with Crippen molar-refractivity contribution in [1.82, 2.24) is 19.3 Å². The maximum atomic E-state index is 13.3. The number of carboxylic acid groups (broad SMARTS) is 1. The molecule has 0 saturated carbocycles. The van der Waals surface area contributed by atoms with Gasteiger partial charge >= 0.3 is 12.1 Å². The average Bonchev–Trinajstić information content (AvgIpc) is 3.40. The van der Waals surface area contributed by atoms with Crippen molar-refractivity contribution in [2.45, 2.75) is 45.5 Å². The number of fused-ring (bicyclic) bond motifs is 1. The monoisotopic (exact) mass is 572 g/mol. The number of aliphatic carboxylic acids is 1. The molecule has 204 valence electrons. The second kappa shape index (κ2) is 10.2.